The average Bonchev–Trinajstić information content (AvgIpc) is 3.50. The van der Waals surface area contributed by atoms with Crippen molar-refractivity contribution in [2.75, 3.05) is 33.1 Å². The first kappa shape index (κ1) is 24.5. The fourth-order valence-corrected chi connectivity index (χ4v) is 6.87. The third-order valence-electron chi connectivity index (χ3n) is 7.30. The van der Waals surface area contributed by atoms with E-state index in [0.29, 0.717) is 23.7 Å². The Labute approximate surface area is 225 Å². The fraction of sp³-hybridized carbons (Fsp3) is 0.276. The summed E-state index contributed by atoms with van der Waals surface area (Å²) >= 11 is 1.80. The van der Waals surface area contributed by atoms with Crippen molar-refractivity contribution in [3.05, 3.63) is 93.9 Å². The molecular weight excluding hydrogens is 503 g/mol. The molecule has 0 unspecified atom stereocenters. The number of benzene rings is 2. The third kappa shape index (κ3) is 4.31. The maximum absolute atomic E-state index is 14.1. The van der Waals surface area contributed by atoms with Gasteiger partial charge in [-0.3, -0.25) is 0 Å². The van der Waals surface area contributed by atoms with Gasteiger partial charge in [0.25, 0.3) is 0 Å². The molecule has 196 valence electrons. The first-order valence-electron chi connectivity index (χ1n) is 12.5. The number of nitrogens with one attached hydrogen (secondary N) is 1. The van der Waals surface area contributed by atoms with Crippen LogP contribution in [0.2, 0.25) is 0 Å². The molecule has 6 rings (SSSR count). The summed E-state index contributed by atoms with van der Waals surface area (Å²) in [4.78, 5) is 19.6. The Hall–Kier alpha value is -3.82. The molecule has 1 N–H and O–H groups in total. The Morgan fingerprint density at radius 3 is 2.47 bits per heavy atom. The summed E-state index contributed by atoms with van der Waals surface area (Å²) in [5, 5.41) is 4.22. The number of methoxy groups -OCH3 is 2. The molecular formula is C29H29FN4O3S. The lowest BCUT2D eigenvalue weighted by atomic mass is 10.0. The monoisotopic (exact) mass is 532 g/mol. The van der Waals surface area contributed by atoms with E-state index in [9.17, 15) is 9.18 Å². The van der Waals surface area contributed by atoms with Crippen LogP contribution in [0.1, 0.15) is 33.3 Å². The summed E-state index contributed by atoms with van der Waals surface area (Å²) in [5.41, 5.74) is 4.88. The maximum Gasteiger partial charge on any atom is 0.322 e. The number of halogens is 1. The highest BCUT2D eigenvalue weighted by Crippen LogP contribution is 2.43. The van der Waals surface area contributed by atoms with Crippen LogP contribution in [0.15, 0.2) is 60.8 Å². The zero-order valence-electron chi connectivity index (χ0n) is 21.5. The van der Waals surface area contributed by atoms with Crippen LogP contribution < -0.4 is 14.8 Å². The number of hydrogen-bond donors (Lipinski definition) is 1. The van der Waals surface area contributed by atoms with Crippen molar-refractivity contribution >= 4 is 23.1 Å². The topological polar surface area (TPSA) is 59.0 Å². The number of amides is 2. The number of urea groups is 1. The second-order valence-corrected chi connectivity index (χ2v) is 10.8. The van der Waals surface area contributed by atoms with E-state index < -0.39 is 6.04 Å². The highest BCUT2D eigenvalue weighted by Gasteiger charge is 2.36. The number of aromatic nitrogens is 1. The molecule has 0 bridgehead atoms. The minimum absolute atomic E-state index is 0.261. The lowest BCUT2D eigenvalue weighted by Crippen LogP contribution is -2.38. The Kier molecular flexibility index (Phi) is 6.33. The second-order valence-electron chi connectivity index (χ2n) is 9.69. The number of nitrogens with zero attached hydrogens (tertiary/aromatic N) is 3. The first-order valence-corrected chi connectivity index (χ1v) is 13.3. The largest absolute Gasteiger partial charge is 0.497 e. The van der Waals surface area contributed by atoms with Crippen LogP contribution >= 0.6 is 11.3 Å². The van der Waals surface area contributed by atoms with Gasteiger partial charge in [0, 0.05) is 53.6 Å². The highest BCUT2D eigenvalue weighted by atomic mass is 32.1. The molecule has 2 amide bonds. The molecule has 38 heavy (non-hydrogen) atoms. The van der Waals surface area contributed by atoms with Crippen molar-refractivity contribution in [3.8, 4) is 16.5 Å². The lowest BCUT2D eigenvalue weighted by Gasteiger charge is -2.32. The van der Waals surface area contributed by atoms with Crippen LogP contribution in [0.4, 0.5) is 14.9 Å². The summed E-state index contributed by atoms with van der Waals surface area (Å²) in [6.45, 7) is 2.31. The van der Waals surface area contributed by atoms with Crippen LogP contribution in [-0.4, -0.2) is 48.2 Å². The smallest absolute Gasteiger partial charge is 0.322 e. The summed E-state index contributed by atoms with van der Waals surface area (Å²) in [7, 11) is 5.29. The molecule has 4 aromatic rings. The number of carbonyl (C=O) groups excluding carboxylic acids is 1. The number of ether oxygens (including phenoxy) is 2. The Morgan fingerprint density at radius 2 is 1.76 bits per heavy atom. The zero-order valence-corrected chi connectivity index (χ0v) is 22.3. The molecule has 2 aliphatic heterocycles. The molecule has 1 atom stereocenters. The van der Waals surface area contributed by atoms with Gasteiger partial charge in [0.2, 0.25) is 0 Å². The number of hydrogen-bond acceptors (Lipinski definition) is 5. The van der Waals surface area contributed by atoms with Gasteiger partial charge in [0.1, 0.15) is 22.3 Å². The molecule has 2 aromatic heterocycles. The molecule has 0 spiro atoms. The van der Waals surface area contributed by atoms with E-state index in [0.717, 1.165) is 35.8 Å². The molecule has 4 heterocycles. The summed E-state index contributed by atoms with van der Waals surface area (Å²) in [5.74, 6) is 0.852. The zero-order chi connectivity index (χ0) is 26.4. The number of likely N-dealkylation sites (N-methyl/N-ethyl adjacent to an activating group) is 1. The minimum atomic E-state index is -0.417. The number of carbonyl (C=O) groups is 1. The van der Waals surface area contributed by atoms with Gasteiger partial charge in [0.05, 0.1) is 32.5 Å². The Morgan fingerprint density at radius 1 is 1.03 bits per heavy atom. The maximum atomic E-state index is 14.1. The van der Waals surface area contributed by atoms with Gasteiger partial charge < -0.3 is 29.2 Å². The Bertz CT molecular complexity index is 1470. The lowest BCUT2D eigenvalue weighted by molar-refractivity contribution is 0.194. The van der Waals surface area contributed by atoms with Gasteiger partial charge in [-0.05, 0) is 48.9 Å². The van der Waals surface area contributed by atoms with Crippen molar-refractivity contribution in [1.82, 2.24) is 14.4 Å². The van der Waals surface area contributed by atoms with Crippen LogP contribution in [0, 0.1) is 5.82 Å². The average molecular weight is 533 g/mol. The van der Waals surface area contributed by atoms with E-state index in [1.165, 1.54) is 28.1 Å². The third-order valence-corrected chi connectivity index (χ3v) is 8.56. The van der Waals surface area contributed by atoms with Gasteiger partial charge in [-0.15, -0.1) is 11.3 Å². The predicted octanol–water partition coefficient (Wildman–Crippen LogP) is 5.82. The van der Waals surface area contributed by atoms with Crippen LogP contribution in [0.3, 0.4) is 0 Å². The van der Waals surface area contributed by atoms with Crippen molar-refractivity contribution in [2.24, 2.45) is 0 Å². The number of anilines is 1. The van der Waals surface area contributed by atoms with Crippen molar-refractivity contribution in [1.29, 1.82) is 0 Å². The minimum Gasteiger partial charge on any atom is -0.497 e. The second kappa shape index (κ2) is 9.81. The molecule has 9 heteroatoms. The van der Waals surface area contributed by atoms with Gasteiger partial charge in [-0.2, -0.15) is 0 Å². The Balaban J connectivity index is 1.47. The molecule has 0 saturated carbocycles. The number of rotatable bonds is 4. The molecule has 0 aliphatic carbocycles. The SMILES string of the molecule is COc1cc(NC(=O)N2Cc3c(sc4c3CCN(C)C4)-n3cccc3[C@@H]2c2ccc(F)cc2)cc(OC)c1. The standard InChI is InChI=1S/C29H29FN4O3S/c1-32-12-10-23-24-16-34(29(35)31-20-13-21(36-2)15-22(14-20)37-3)27(18-6-8-19(30)9-7-18)25-5-4-11-33(25)28(24)38-26(23)17-32/h4-9,11,13-15,27H,10,12,16-17H2,1-3H3,(H,31,35)/t27-/m0/s1. The normalized spacial score (nSPS) is 16.7. The van der Waals surface area contributed by atoms with Crippen molar-refractivity contribution < 1.29 is 18.7 Å². The summed E-state index contributed by atoms with van der Waals surface area (Å²) < 4.78 is 26.9. The molecule has 2 aliphatic rings. The first-order chi connectivity index (χ1) is 18.4. The molecule has 2 aromatic carbocycles. The summed E-state index contributed by atoms with van der Waals surface area (Å²) in [6.07, 6.45) is 3.00. The van der Waals surface area contributed by atoms with Gasteiger partial charge >= 0.3 is 6.03 Å². The number of thiophene rings is 1. The van der Waals surface area contributed by atoms with Crippen molar-refractivity contribution in [3.63, 3.8) is 0 Å². The predicted molar refractivity (Wildman–Crippen MR) is 146 cm³/mol. The van der Waals surface area contributed by atoms with Gasteiger partial charge in [-0.1, -0.05) is 12.1 Å². The van der Waals surface area contributed by atoms with E-state index in [1.807, 2.05) is 17.0 Å². The van der Waals surface area contributed by atoms with Crippen LogP contribution in [-0.2, 0) is 19.5 Å². The van der Waals surface area contributed by atoms with E-state index in [2.05, 4.69) is 28.0 Å². The molecule has 0 saturated heterocycles. The molecule has 7 nitrogen and oxygen atoms in total. The quantitative estimate of drug-likeness (QED) is 0.360. The fourth-order valence-electron chi connectivity index (χ4n) is 5.42. The van der Waals surface area contributed by atoms with E-state index in [4.69, 9.17) is 9.47 Å². The number of fused-ring (bicyclic) bond motifs is 5. The van der Waals surface area contributed by atoms with E-state index >= 15 is 0 Å². The molecule has 0 radical (unpaired) electrons. The summed E-state index contributed by atoms with van der Waals surface area (Å²) in [6, 6.07) is 15.1. The van der Waals surface area contributed by atoms with Crippen LogP contribution in [0.25, 0.3) is 5.00 Å². The highest BCUT2D eigenvalue weighted by molar-refractivity contribution is 7.15. The van der Waals surface area contributed by atoms with Gasteiger partial charge in [0.15, 0.2) is 0 Å². The van der Waals surface area contributed by atoms with Gasteiger partial charge in [-0.25, -0.2) is 9.18 Å². The van der Waals surface area contributed by atoms with Crippen molar-refractivity contribution in [2.45, 2.75) is 25.6 Å². The van der Waals surface area contributed by atoms with E-state index in [-0.39, 0.29) is 11.8 Å². The van der Waals surface area contributed by atoms with Crippen LogP contribution in [0.5, 0.6) is 11.5 Å². The molecule has 0 fully saturated rings. The van der Waals surface area contributed by atoms with E-state index in [1.54, 1.807) is 55.9 Å².